The predicted molar refractivity (Wildman–Crippen MR) is 128 cm³/mol. The van der Waals surface area contributed by atoms with E-state index in [1.807, 2.05) is 0 Å². The Labute approximate surface area is 207 Å². The maximum atomic E-state index is 14.1. The summed E-state index contributed by atoms with van der Waals surface area (Å²) in [7, 11) is -1.34. The monoisotopic (exact) mass is 528 g/mol. The highest BCUT2D eigenvalue weighted by atomic mass is 35.5. The van der Waals surface area contributed by atoms with Gasteiger partial charge in [-0.2, -0.15) is 0 Å². The third kappa shape index (κ3) is 10.2. The summed E-state index contributed by atoms with van der Waals surface area (Å²) in [5.74, 6) is -2.22. The summed E-state index contributed by atoms with van der Waals surface area (Å²) in [4.78, 5) is 55.4. The molecule has 0 fully saturated rings. The van der Waals surface area contributed by atoms with Crippen LogP contribution in [-0.4, -0.2) is 65.4 Å². The lowest BCUT2D eigenvalue weighted by Crippen LogP contribution is -2.39. The Morgan fingerprint density at radius 1 is 1.14 bits per heavy atom. The maximum Gasteiger partial charge on any atom is 0.326 e. The highest BCUT2D eigenvalue weighted by Crippen LogP contribution is 2.34. The van der Waals surface area contributed by atoms with Crippen molar-refractivity contribution in [2.24, 2.45) is 0 Å². The molecule has 12 heteroatoms. The molecule has 3 N–H and O–H groups in total. The fraction of sp³-hybridized carbons (Fsp3) is 0.348. The van der Waals surface area contributed by atoms with Gasteiger partial charge in [0.1, 0.15) is 5.82 Å². The van der Waals surface area contributed by atoms with E-state index >= 15 is 0 Å². The lowest BCUT2D eigenvalue weighted by molar-refractivity contribution is -0.151. The Bertz CT molecular complexity index is 1110. The molecule has 0 spiro atoms. The molecule has 0 aliphatic carbocycles. The molecule has 2 aromatic rings. The third-order valence-corrected chi connectivity index (χ3v) is 5.98. The first-order valence-electron chi connectivity index (χ1n) is 10.6. The second-order valence-corrected chi connectivity index (χ2v) is 10.3. The number of rotatable bonds is 11. The Morgan fingerprint density at radius 3 is 2.40 bits per heavy atom. The molecule has 1 atom stereocenters. The lowest BCUT2D eigenvalue weighted by atomic mass is 9.99. The highest BCUT2D eigenvalue weighted by Gasteiger charge is 2.21. The van der Waals surface area contributed by atoms with E-state index in [1.165, 1.54) is 37.2 Å². The number of benzene rings is 2. The Balaban J connectivity index is 2.12. The standard InChI is InChI=1S/C23H27ClFN2O7P/c1-27(2)22(29)14-34-23(30)13-18(26-21(28)9-10-35(31,32)33)11-15-3-5-16(6-4-15)19-12-17(24)7-8-20(19)25/h3-8,12,18H,9-11,13-14H2,1-2H3,(H,26,28)(H2,31,32,33)/t18-/m1/s1. The lowest BCUT2D eigenvalue weighted by Gasteiger charge is -2.19. The van der Waals surface area contributed by atoms with E-state index in [4.69, 9.17) is 26.1 Å². The minimum Gasteiger partial charge on any atom is -0.456 e. The number of hydrogen-bond acceptors (Lipinski definition) is 5. The molecule has 0 aliphatic heterocycles. The van der Waals surface area contributed by atoms with E-state index in [9.17, 15) is 23.3 Å². The molecule has 9 nitrogen and oxygen atoms in total. The van der Waals surface area contributed by atoms with Gasteiger partial charge in [-0.05, 0) is 35.7 Å². The van der Waals surface area contributed by atoms with Crippen molar-refractivity contribution in [2.45, 2.75) is 25.3 Å². The topological polar surface area (TPSA) is 133 Å². The summed E-state index contributed by atoms with van der Waals surface area (Å²) in [5.41, 5.74) is 1.60. The molecule has 35 heavy (non-hydrogen) atoms. The van der Waals surface area contributed by atoms with Crippen molar-refractivity contribution in [3.05, 3.63) is 58.9 Å². The van der Waals surface area contributed by atoms with Crippen LogP contribution in [0.4, 0.5) is 4.39 Å². The van der Waals surface area contributed by atoms with Crippen LogP contribution in [0.3, 0.4) is 0 Å². The number of nitrogens with zero attached hydrogens (tertiary/aromatic N) is 1. The fourth-order valence-corrected chi connectivity index (χ4v) is 3.74. The molecule has 0 radical (unpaired) electrons. The molecular formula is C23H27ClFN2O7P. The first-order chi connectivity index (χ1) is 16.3. The number of ether oxygens (including phenoxy) is 1. The molecule has 0 unspecified atom stereocenters. The third-order valence-electron chi connectivity index (χ3n) is 4.94. The van der Waals surface area contributed by atoms with Gasteiger partial charge in [0.25, 0.3) is 5.91 Å². The minimum absolute atomic E-state index is 0.177. The zero-order valence-corrected chi connectivity index (χ0v) is 20.9. The molecule has 0 aromatic heterocycles. The van der Waals surface area contributed by atoms with Crippen LogP contribution in [0.5, 0.6) is 0 Å². The Kier molecular flexibility index (Phi) is 10.4. The number of carbonyl (C=O) groups excluding carboxylic acids is 3. The molecule has 0 saturated heterocycles. The molecule has 0 aliphatic rings. The van der Waals surface area contributed by atoms with Gasteiger partial charge in [0.05, 0.1) is 12.6 Å². The molecular weight excluding hydrogens is 502 g/mol. The van der Waals surface area contributed by atoms with Crippen molar-refractivity contribution < 1.29 is 37.9 Å². The molecule has 0 heterocycles. The van der Waals surface area contributed by atoms with Gasteiger partial charge in [0.15, 0.2) is 6.61 Å². The fourth-order valence-electron chi connectivity index (χ4n) is 3.08. The minimum atomic E-state index is -4.37. The number of likely N-dealkylation sites (N-methyl/N-ethyl adjacent to an activating group) is 1. The van der Waals surface area contributed by atoms with E-state index in [0.717, 1.165) is 0 Å². The summed E-state index contributed by atoms with van der Waals surface area (Å²) in [6, 6.07) is 10.2. The average molecular weight is 529 g/mol. The van der Waals surface area contributed by atoms with Crippen LogP contribution >= 0.6 is 19.2 Å². The summed E-state index contributed by atoms with van der Waals surface area (Å²) in [5, 5.41) is 2.97. The molecule has 0 saturated carbocycles. The number of carbonyl (C=O) groups is 3. The maximum absolute atomic E-state index is 14.1. The van der Waals surface area contributed by atoms with Crippen LogP contribution < -0.4 is 5.32 Å². The second-order valence-electron chi connectivity index (χ2n) is 8.08. The normalized spacial score (nSPS) is 12.1. The summed E-state index contributed by atoms with van der Waals surface area (Å²) in [6.45, 7) is -0.454. The van der Waals surface area contributed by atoms with Crippen LogP contribution in [0.25, 0.3) is 11.1 Å². The number of amides is 2. The first-order valence-corrected chi connectivity index (χ1v) is 12.8. The van der Waals surface area contributed by atoms with Gasteiger partial charge >= 0.3 is 13.6 Å². The number of esters is 1. The molecule has 0 bridgehead atoms. The highest BCUT2D eigenvalue weighted by molar-refractivity contribution is 7.51. The van der Waals surface area contributed by atoms with Crippen LogP contribution in [-0.2, 0) is 30.1 Å². The molecule has 2 amide bonds. The van der Waals surface area contributed by atoms with Crippen molar-refractivity contribution in [3.8, 4) is 11.1 Å². The van der Waals surface area contributed by atoms with Crippen molar-refractivity contribution in [2.75, 3.05) is 26.9 Å². The van der Waals surface area contributed by atoms with E-state index in [-0.39, 0.29) is 12.8 Å². The Morgan fingerprint density at radius 2 is 1.80 bits per heavy atom. The number of halogens is 2. The van der Waals surface area contributed by atoms with Crippen molar-refractivity contribution >= 4 is 37.0 Å². The quantitative estimate of drug-likeness (QED) is 0.302. The van der Waals surface area contributed by atoms with Crippen LogP contribution in [0.2, 0.25) is 5.02 Å². The first kappa shape index (κ1) is 28.5. The summed E-state index contributed by atoms with van der Waals surface area (Å²) in [6.07, 6.45) is -1.15. The summed E-state index contributed by atoms with van der Waals surface area (Å²) >= 11 is 5.96. The average Bonchev–Trinajstić information content (AvgIpc) is 2.77. The second kappa shape index (κ2) is 12.8. The molecule has 2 rings (SSSR count). The SMILES string of the molecule is CN(C)C(=O)COC(=O)C[C@@H](Cc1ccc(-c2cc(Cl)ccc2F)cc1)NC(=O)CCP(=O)(O)O. The number of hydrogen-bond donors (Lipinski definition) is 3. The van der Waals surface area contributed by atoms with Crippen molar-refractivity contribution in [1.82, 2.24) is 10.2 Å². The zero-order valence-electron chi connectivity index (χ0n) is 19.2. The molecule has 190 valence electrons. The van der Waals surface area contributed by atoms with Crippen LogP contribution in [0.1, 0.15) is 18.4 Å². The van der Waals surface area contributed by atoms with Gasteiger partial charge < -0.3 is 24.7 Å². The summed E-state index contributed by atoms with van der Waals surface area (Å²) < 4.78 is 30.2. The van der Waals surface area contributed by atoms with E-state index in [1.54, 1.807) is 24.3 Å². The predicted octanol–water partition coefficient (Wildman–Crippen LogP) is 2.76. The van der Waals surface area contributed by atoms with E-state index < -0.39 is 56.4 Å². The van der Waals surface area contributed by atoms with Crippen molar-refractivity contribution in [3.63, 3.8) is 0 Å². The van der Waals surface area contributed by atoms with Gasteiger partial charge in [-0.15, -0.1) is 0 Å². The van der Waals surface area contributed by atoms with Gasteiger partial charge in [-0.25, -0.2) is 4.39 Å². The van der Waals surface area contributed by atoms with Gasteiger partial charge in [0.2, 0.25) is 5.91 Å². The number of nitrogens with one attached hydrogen (secondary N) is 1. The van der Waals surface area contributed by atoms with Crippen LogP contribution in [0, 0.1) is 5.82 Å². The van der Waals surface area contributed by atoms with Gasteiger partial charge in [-0.3, -0.25) is 18.9 Å². The van der Waals surface area contributed by atoms with Crippen LogP contribution in [0.15, 0.2) is 42.5 Å². The molecule has 2 aromatic carbocycles. The van der Waals surface area contributed by atoms with Gasteiger partial charge in [-0.1, -0.05) is 35.9 Å². The Hall–Kier alpha value is -2.78. The smallest absolute Gasteiger partial charge is 0.326 e. The van der Waals surface area contributed by atoms with E-state index in [2.05, 4.69) is 5.32 Å². The largest absolute Gasteiger partial charge is 0.456 e. The zero-order chi connectivity index (χ0) is 26.2. The van der Waals surface area contributed by atoms with E-state index in [0.29, 0.717) is 21.7 Å². The van der Waals surface area contributed by atoms with Gasteiger partial charge in [0, 0.05) is 37.1 Å². The van der Waals surface area contributed by atoms with Crippen molar-refractivity contribution in [1.29, 1.82) is 0 Å².